The number of rotatable bonds is 3. The van der Waals surface area contributed by atoms with Crippen LogP contribution in [0.3, 0.4) is 0 Å². The molecule has 0 saturated carbocycles. The zero-order chi connectivity index (χ0) is 14.9. The Morgan fingerprint density at radius 3 is 2.86 bits per heavy atom. The topological polar surface area (TPSA) is 37.4 Å². The van der Waals surface area contributed by atoms with Crippen molar-refractivity contribution in [3.8, 4) is 11.5 Å². The highest BCUT2D eigenvalue weighted by molar-refractivity contribution is 7.22. The fraction of sp³-hybridized carbons (Fsp3) is 0.0625. The standard InChI is InChI=1S/C16H12ClN3OS/c17-11-1-3-12(4-2-11)21-14-8-19-9-15-13(14)7-16(22-15)20-6-5-18-10-20/h1-9,18H,10H2. The Hall–Kier alpha value is -2.24. The second-order valence-corrected chi connectivity index (χ2v) is 6.34. The van der Waals surface area contributed by atoms with E-state index in [1.807, 2.05) is 42.9 Å². The second kappa shape index (κ2) is 5.51. The Bertz CT molecular complexity index is 844. The number of hydrogen-bond acceptors (Lipinski definition) is 5. The number of aromatic nitrogens is 1. The highest BCUT2D eigenvalue weighted by atomic mass is 35.5. The third-order valence-corrected chi connectivity index (χ3v) is 4.71. The lowest BCUT2D eigenvalue weighted by Gasteiger charge is -2.10. The van der Waals surface area contributed by atoms with Crippen LogP contribution in [-0.4, -0.2) is 11.7 Å². The van der Waals surface area contributed by atoms with Crippen LogP contribution in [0.25, 0.3) is 10.1 Å². The molecule has 22 heavy (non-hydrogen) atoms. The Morgan fingerprint density at radius 2 is 2.09 bits per heavy atom. The van der Waals surface area contributed by atoms with E-state index in [-0.39, 0.29) is 0 Å². The van der Waals surface area contributed by atoms with Crippen LogP contribution in [0.1, 0.15) is 0 Å². The highest BCUT2D eigenvalue weighted by Gasteiger charge is 2.13. The minimum atomic E-state index is 0.690. The van der Waals surface area contributed by atoms with Crippen molar-refractivity contribution in [2.24, 2.45) is 0 Å². The van der Waals surface area contributed by atoms with E-state index in [1.165, 1.54) is 0 Å². The Morgan fingerprint density at radius 1 is 1.23 bits per heavy atom. The average molecular weight is 330 g/mol. The predicted octanol–water partition coefficient (Wildman–Crippen LogP) is 4.58. The van der Waals surface area contributed by atoms with Gasteiger partial charge in [-0.15, -0.1) is 11.3 Å². The third-order valence-electron chi connectivity index (χ3n) is 3.36. The molecule has 3 aromatic rings. The molecule has 0 radical (unpaired) electrons. The van der Waals surface area contributed by atoms with Crippen LogP contribution >= 0.6 is 22.9 Å². The molecule has 0 unspecified atom stereocenters. The first kappa shape index (κ1) is 13.4. The van der Waals surface area contributed by atoms with E-state index in [0.717, 1.165) is 33.3 Å². The first-order valence-electron chi connectivity index (χ1n) is 6.77. The van der Waals surface area contributed by atoms with Crippen molar-refractivity contribution in [2.75, 3.05) is 11.6 Å². The molecule has 1 aliphatic heterocycles. The average Bonchev–Trinajstić information content (AvgIpc) is 3.18. The first-order chi connectivity index (χ1) is 10.8. The molecule has 0 spiro atoms. The van der Waals surface area contributed by atoms with Gasteiger partial charge >= 0.3 is 0 Å². The molecule has 0 bridgehead atoms. The molecule has 0 atom stereocenters. The molecule has 4 nitrogen and oxygen atoms in total. The summed E-state index contributed by atoms with van der Waals surface area (Å²) in [5, 5.41) is 6.08. The van der Waals surface area contributed by atoms with Crippen molar-refractivity contribution in [1.29, 1.82) is 0 Å². The van der Waals surface area contributed by atoms with Gasteiger partial charge in [-0.1, -0.05) is 11.6 Å². The lowest BCUT2D eigenvalue weighted by molar-refractivity contribution is 0.486. The number of thiophene rings is 1. The number of benzene rings is 1. The van der Waals surface area contributed by atoms with Crippen LogP contribution in [0, 0.1) is 0 Å². The number of anilines is 1. The molecule has 2 aromatic heterocycles. The maximum absolute atomic E-state index is 5.96. The molecule has 6 heteroatoms. The minimum absolute atomic E-state index is 0.690. The summed E-state index contributed by atoms with van der Waals surface area (Å²) < 4.78 is 7.05. The third kappa shape index (κ3) is 2.49. The molecule has 4 rings (SSSR count). The lowest BCUT2D eigenvalue weighted by Crippen LogP contribution is -2.18. The van der Waals surface area contributed by atoms with Crippen LogP contribution in [0.2, 0.25) is 5.02 Å². The molecule has 0 amide bonds. The van der Waals surface area contributed by atoms with Crippen molar-refractivity contribution in [2.45, 2.75) is 0 Å². The summed E-state index contributed by atoms with van der Waals surface area (Å²) >= 11 is 7.59. The normalized spacial score (nSPS) is 13.6. The van der Waals surface area contributed by atoms with Gasteiger partial charge in [0.05, 0.1) is 22.6 Å². The van der Waals surface area contributed by atoms with Crippen LogP contribution in [0.4, 0.5) is 5.00 Å². The van der Waals surface area contributed by atoms with Gasteiger partial charge in [-0.3, -0.25) is 4.98 Å². The maximum Gasteiger partial charge on any atom is 0.154 e. The summed E-state index contributed by atoms with van der Waals surface area (Å²) in [5.41, 5.74) is 0. The second-order valence-electron chi connectivity index (χ2n) is 4.84. The summed E-state index contributed by atoms with van der Waals surface area (Å²) in [6.07, 6.45) is 7.57. The Labute approximate surface area is 136 Å². The van der Waals surface area contributed by atoms with Gasteiger partial charge in [0.1, 0.15) is 5.75 Å². The van der Waals surface area contributed by atoms with Crippen LogP contribution in [-0.2, 0) is 0 Å². The monoisotopic (exact) mass is 329 g/mol. The van der Waals surface area contributed by atoms with Gasteiger partial charge in [0.2, 0.25) is 0 Å². The van der Waals surface area contributed by atoms with E-state index < -0.39 is 0 Å². The van der Waals surface area contributed by atoms with Gasteiger partial charge in [0.25, 0.3) is 0 Å². The molecule has 1 aliphatic rings. The van der Waals surface area contributed by atoms with Crippen molar-refractivity contribution in [1.82, 2.24) is 10.3 Å². The highest BCUT2D eigenvalue weighted by Crippen LogP contribution is 2.38. The predicted molar refractivity (Wildman–Crippen MR) is 90.8 cm³/mol. The molecular formula is C16H12ClN3OS. The fourth-order valence-electron chi connectivity index (χ4n) is 2.27. The summed E-state index contributed by atoms with van der Waals surface area (Å²) in [5.74, 6) is 1.49. The lowest BCUT2D eigenvalue weighted by atomic mass is 10.3. The van der Waals surface area contributed by atoms with Crippen LogP contribution in [0.15, 0.2) is 55.1 Å². The van der Waals surface area contributed by atoms with Gasteiger partial charge < -0.3 is 15.0 Å². The first-order valence-corrected chi connectivity index (χ1v) is 7.97. The number of nitrogens with zero attached hydrogens (tertiary/aromatic N) is 2. The maximum atomic E-state index is 5.96. The Kier molecular flexibility index (Phi) is 3.36. The Balaban J connectivity index is 1.71. The number of fused-ring (bicyclic) bond motifs is 1. The smallest absolute Gasteiger partial charge is 0.154 e. The molecule has 0 saturated heterocycles. The number of nitrogens with one attached hydrogen (secondary N) is 1. The van der Waals surface area contributed by atoms with E-state index in [0.29, 0.717) is 5.02 Å². The largest absolute Gasteiger partial charge is 0.455 e. The SMILES string of the molecule is Clc1ccc(Oc2cncc3sc(N4C=CNC4)cc23)cc1. The molecule has 1 aromatic carbocycles. The number of halogens is 1. The van der Waals surface area contributed by atoms with Gasteiger partial charge in [0.15, 0.2) is 5.75 Å². The van der Waals surface area contributed by atoms with E-state index >= 15 is 0 Å². The summed E-state index contributed by atoms with van der Waals surface area (Å²) in [7, 11) is 0. The van der Waals surface area contributed by atoms with E-state index in [1.54, 1.807) is 17.5 Å². The van der Waals surface area contributed by atoms with E-state index in [4.69, 9.17) is 16.3 Å². The van der Waals surface area contributed by atoms with Crippen molar-refractivity contribution in [3.05, 3.63) is 60.1 Å². The quantitative estimate of drug-likeness (QED) is 0.763. The molecule has 110 valence electrons. The number of hydrogen-bond donors (Lipinski definition) is 1. The zero-order valence-electron chi connectivity index (χ0n) is 11.5. The summed E-state index contributed by atoms with van der Waals surface area (Å²) in [4.78, 5) is 6.42. The van der Waals surface area contributed by atoms with Gasteiger partial charge in [0, 0.05) is 29.0 Å². The van der Waals surface area contributed by atoms with Crippen molar-refractivity contribution >= 4 is 38.0 Å². The molecule has 0 aliphatic carbocycles. The number of ether oxygens (including phenoxy) is 1. The van der Waals surface area contributed by atoms with Crippen molar-refractivity contribution < 1.29 is 4.74 Å². The summed E-state index contributed by atoms with van der Waals surface area (Å²) in [6, 6.07) is 9.45. The van der Waals surface area contributed by atoms with Crippen molar-refractivity contribution in [3.63, 3.8) is 0 Å². The zero-order valence-corrected chi connectivity index (χ0v) is 13.1. The fourth-order valence-corrected chi connectivity index (χ4v) is 3.43. The summed E-state index contributed by atoms with van der Waals surface area (Å²) in [6.45, 7) is 0.785. The van der Waals surface area contributed by atoms with Gasteiger partial charge in [-0.2, -0.15) is 0 Å². The minimum Gasteiger partial charge on any atom is -0.455 e. The number of pyridine rings is 1. The van der Waals surface area contributed by atoms with Gasteiger partial charge in [-0.05, 0) is 30.3 Å². The van der Waals surface area contributed by atoms with Gasteiger partial charge in [-0.25, -0.2) is 0 Å². The molecule has 0 fully saturated rings. The molecule has 3 heterocycles. The van der Waals surface area contributed by atoms with Crippen LogP contribution < -0.4 is 15.0 Å². The van der Waals surface area contributed by atoms with E-state index in [2.05, 4.69) is 21.3 Å². The van der Waals surface area contributed by atoms with Crippen LogP contribution in [0.5, 0.6) is 11.5 Å². The molecule has 1 N–H and O–H groups in total. The molecular weight excluding hydrogens is 318 g/mol. The van der Waals surface area contributed by atoms with E-state index in [9.17, 15) is 0 Å².